The van der Waals surface area contributed by atoms with Crippen LogP contribution in [0.5, 0.6) is 11.5 Å². The van der Waals surface area contributed by atoms with Crippen molar-refractivity contribution in [2.75, 3.05) is 0 Å². The summed E-state index contributed by atoms with van der Waals surface area (Å²) in [7, 11) is 0. The molecule has 0 aromatic heterocycles. The van der Waals surface area contributed by atoms with Gasteiger partial charge in [0.2, 0.25) is 0 Å². The number of carbonyl (C=O) groups excluding carboxylic acids is 1. The zero-order valence-electron chi connectivity index (χ0n) is 13.2. The Bertz CT molecular complexity index is 871. The molecule has 2 aromatic rings. The molecular formula is C19H16Br2O3. The Morgan fingerprint density at radius 3 is 2.25 bits per heavy atom. The molecule has 24 heavy (non-hydrogen) atoms. The molecule has 2 aromatic carbocycles. The van der Waals surface area contributed by atoms with Crippen molar-refractivity contribution in [2.45, 2.75) is 38.0 Å². The maximum Gasteiger partial charge on any atom is 0.308 e. The zero-order chi connectivity index (χ0) is 17.1. The van der Waals surface area contributed by atoms with Crippen molar-refractivity contribution in [2.24, 2.45) is 0 Å². The first-order valence-electron chi connectivity index (χ1n) is 7.95. The Morgan fingerprint density at radius 1 is 1.04 bits per heavy atom. The molecule has 2 aliphatic carbocycles. The Hall–Kier alpha value is -1.33. The number of hydrogen-bond acceptors (Lipinski definition) is 3. The topological polar surface area (TPSA) is 46.5 Å². The average molecular weight is 452 g/mol. The van der Waals surface area contributed by atoms with Crippen LogP contribution in [0.1, 0.15) is 42.0 Å². The van der Waals surface area contributed by atoms with Gasteiger partial charge in [0.1, 0.15) is 11.5 Å². The molecule has 0 radical (unpaired) electrons. The van der Waals surface area contributed by atoms with Crippen LogP contribution in [0.25, 0.3) is 0 Å². The van der Waals surface area contributed by atoms with E-state index in [1.54, 1.807) is 6.07 Å². The van der Waals surface area contributed by atoms with Crippen molar-refractivity contribution in [3.63, 3.8) is 0 Å². The second-order valence-corrected chi connectivity index (χ2v) is 8.20. The molecule has 0 heterocycles. The maximum atomic E-state index is 11.6. The van der Waals surface area contributed by atoms with Crippen molar-refractivity contribution in [3.8, 4) is 11.5 Å². The Balaban J connectivity index is 2.01. The van der Waals surface area contributed by atoms with Crippen molar-refractivity contribution in [3.05, 3.63) is 55.5 Å². The first kappa shape index (κ1) is 16.2. The van der Waals surface area contributed by atoms with Gasteiger partial charge in [0.05, 0.1) is 0 Å². The Morgan fingerprint density at radius 2 is 1.62 bits per heavy atom. The minimum absolute atomic E-state index is 0.285. The molecule has 1 unspecified atom stereocenters. The average Bonchev–Trinajstić information content (AvgIpc) is 3.11. The fourth-order valence-corrected chi connectivity index (χ4v) is 5.48. The molecule has 5 heteroatoms. The third-order valence-corrected chi connectivity index (χ3v) is 6.75. The molecule has 2 aliphatic rings. The van der Waals surface area contributed by atoms with E-state index in [2.05, 4.69) is 31.9 Å². The van der Waals surface area contributed by atoms with Crippen molar-refractivity contribution < 1.29 is 14.6 Å². The second-order valence-electron chi connectivity index (χ2n) is 6.49. The van der Waals surface area contributed by atoms with E-state index in [1.807, 2.05) is 18.2 Å². The summed E-state index contributed by atoms with van der Waals surface area (Å²) in [6, 6.07) is 7.44. The summed E-state index contributed by atoms with van der Waals surface area (Å²) in [6.45, 7) is 1.42. The van der Waals surface area contributed by atoms with E-state index >= 15 is 0 Å². The predicted octanol–water partition coefficient (Wildman–Crippen LogP) is 5.02. The van der Waals surface area contributed by atoms with Crippen LogP contribution < -0.4 is 4.74 Å². The molecule has 3 nitrogen and oxygen atoms in total. The number of hydrogen-bond donors (Lipinski definition) is 1. The van der Waals surface area contributed by atoms with Crippen LogP contribution in [0.4, 0.5) is 0 Å². The van der Waals surface area contributed by atoms with E-state index in [0.29, 0.717) is 11.5 Å². The molecule has 124 valence electrons. The highest BCUT2D eigenvalue weighted by molar-refractivity contribution is 9.10. The zero-order valence-corrected chi connectivity index (χ0v) is 16.3. The SMILES string of the molecule is CC(=O)Oc1ccc(Br)c2c1C1(CCc3c(Br)ccc(O)c31)CC2. The lowest BCUT2D eigenvalue weighted by atomic mass is 9.76. The number of halogens is 2. The number of esters is 1. The molecule has 1 atom stereocenters. The van der Waals surface area contributed by atoms with Crippen LogP contribution >= 0.6 is 31.9 Å². The lowest BCUT2D eigenvalue weighted by Gasteiger charge is -2.29. The summed E-state index contributed by atoms with van der Waals surface area (Å²) in [5, 5.41) is 10.6. The van der Waals surface area contributed by atoms with Gasteiger partial charge in [-0.1, -0.05) is 31.9 Å². The van der Waals surface area contributed by atoms with Crippen molar-refractivity contribution in [1.29, 1.82) is 0 Å². The molecule has 0 bridgehead atoms. The van der Waals surface area contributed by atoms with Gasteiger partial charge in [0.25, 0.3) is 0 Å². The number of aromatic hydroxyl groups is 1. The van der Waals surface area contributed by atoms with Crippen LogP contribution in [0.2, 0.25) is 0 Å². The van der Waals surface area contributed by atoms with E-state index in [0.717, 1.165) is 51.3 Å². The van der Waals surface area contributed by atoms with E-state index in [1.165, 1.54) is 12.5 Å². The van der Waals surface area contributed by atoms with Crippen LogP contribution in [0, 0.1) is 0 Å². The highest BCUT2D eigenvalue weighted by Gasteiger charge is 2.49. The smallest absolute Gasteiger partial charge is 0.308 e. The molecule has 4 rings (SSSR count). The number of carbonyl (C=O) groups is 1. The van der Waals surface area contributed by atoms with Crippen LogP contribution in [0.15, 0.2) is 33.2 Å². The summed E-state index contributed by atoms with van der Waals surface area (Å²) in [6.07, 6.45) is 3.62. The highest BCUT2D eigenvalue weighted by Crippen LogP contribution is 2.59. The molecule has 0 fully saturated rings. The summed E-state index contributed by atoms with van der Waals surface area (Å²) in [4.78, 5) is 11.6. The molecule has 1 N–H and O–H groups in total. The van der Waals surface area contributed by atoms with Crippen molar-refractivity contribution in [1.82, 2.24) is 0 Å². The number of ether oxygens (including phenoxy) is 1. The normalized spacial score (nSPS) is 21.0. The van der Waals surface area contributed by atoms with Gasteiger partial charge in [-0.2, -0.15) is 0 Å². The highest BCUT2D eigenvalue weighted by atomic mass is 79.9. The first-order valence-corrected chi connectivity index (χ1v) is 9.54. The predicted molar refractivity (Wildman–Crippen MR) is 98.7 cm³/mol. The number of benzene rings is 2. The molecular weight excluding hydrogens is 436 g/mol. The molecule has 0 aliphatic heterocycles. The van der Waals surface area contributed by atoms with Crippen molar-refractivity contribution >= 4 is 37.8 Å². The van der Waals surface area contributed by atoms with E-state index in [9.17, 15) is 9.90 Å². The van der Waals surface area contributed by atoms with Gasteiger partial charge in [0.15, 0.2) is 0 Å². The molecule has 1 spiro atoms. The van der Waals surface area contributed by atoms with Gasteiger partial charge >= 0.3 is 5.97 Å². The van der Waals surface area contributed by atoms with Crippen LogP contribution in [-0.2, 0) is 23.1 Å². The first-order chi connectivity index (χ1) is 11.4. The minimum atomic E-state index is -0.321. The lowest BCUT2D eigenvalue weighted by Crippen LogP contribution is -2.23. The van der Waals surface area contributed by atoms with Crippen LogP contribution in [-0.4, -0.2) is 11.1 Å². The fourth-order valence-electron chi connectivity index (χ4n) is 4.43. The van der Waals surface area contributed by atoms with Gasteiger partial charge in [-0.25, -0.2) is 0 Å². The standard InChI is InChI=1S/C19H16Br2O3/c1-10(22)24-16-5-3-14(21)12-7-9-19(18(12)16)8-6-11-13(20)2-4-15(23)17(11)19/h2-5,23H,6-9H2,1H3. The van der Waals surface area contributed by atoms with E-state index in [-0.39, 0.29) is 11.4 Å². The van der Waals surface area contributed by atoms with Crippen LogP contribution in [0.3, 0.4) is 0 Å². The molecule has 0 saturated carbocycles. The van der Waals surface area contributed by atoms with Gasteiger partial charge in [-0.15, -0.1) is 0 Å². The summed E-state index contributed by atoms with van der Waals surface area (Å²) in [5.74, 6) is 0.621. The Kier molecular flexibility index (Phi) is 3.77. The van der Waals surface area contributed by atoms with Gasteiger partial charge in [-0.05, 0) is 61.1 Å². The monoisotopic (exact) mass is 450 g/mol. The Labute approximate surface area is 157 Å². The second kappa shape index (κ2) is 5.60. The number of phenolic OH excluding ortho intramolecular Hbond substituents is 1. The summed E-state index contributed by atoms with van der Waals surface area (Å²) >= 11 is 7.26. The number of phenols is 1. The number of rotatable bonds is 1. The largest absolute Gasteiger partial charge is 0.508 e. The summed E-state index contributed by atoms with van der Waals surface area (Å²) in [5.41, 5.74) is 4.10. The minimum Gasteiger partial charge on any atom is -0.508 e. The quantitative estimate of drug-likeness (QED) is 0.489. The van der Waals surface area contributed by atoms with Gasteiger partial charge in [0, 0.05) is 32.4 Å². The van der Waals surface area contributed by atoms with E-state index in [4.69, 9.17) is 4.74 Å². The third kappa shape index (κ3) is 2.17. The third-order valence-electron chi connectivity index (χ3n) is 5.27. The number of fused-ring (bicyclic) bond motifs is 4. The molecule has 0 saturated heterocycles. The van der Waals surface area contributed by atoms with E-state index < -0.39 is 0 Å². The summed E-state index contributed by atoms with van der Waals surface area (Å²) < 4.78 is 7.60. The van der Waals surface area contributed by atoms with Gasteiger partial charge < -0.3 is 9.84 Å². The van der Waals surface area contributed by atoms with Gasteiger partial charge in [-0.3, -0.25) is 4.79 Å². The fraction of sp³-hybridized carbons (Fsp3) is 0.316. The molecule has 0 amide bonds. The maximum absolute atomic E-state index is 11.6. The lowest BCUT2D eigenvalue weighted by molar-refractivity contribution is -0.131.